The summed E-state index contributed by atoms with van der Waals surface area (Å²) in [6, 6.07) is 10.8. The zero-order chi connectivity index (χ0) is 21.1. The third-order valence-corrected chi connectivity index (χ3v) is 5.00. The van der Waals surface area contributed by atoms with Crippen LogP contribution < -0.4 is 19.1 Å². The Morgan fingerprint density at radius 3 is 2.28 bits per heavy atom. The van der Waals surface area contributed by atoms with Gasteiger partial charge in [-0.3, -0.25) is 4.79 Å². The molecule has 2 atom stereocenters. The molecular formula is C22H25NO6. The molecule has 2 aromatic rings. The molecule has 0 bridgehead atoms. The topological polar surface area (TPSA) is 74.3 Å². The Bertz CT molecular complexity index is 926. The fourth-order valence-electron chi connectivity index (χ4n) is 3.56. The lowest BCUT2D eigenvalue weighted by molar-refractivity contribution is -0.126. The lowest BCUT2D eigenvalue weighted by atomic mass is 10.1. The van der Waals surface area contributed by atoms with Gasteiger partial charge >= 0.3 is 5.97 Å². The zero-order valence-electron chi connectivity index (χ0n) is 17.2. The van der Waals surface area contributed by atoms with E-state index in [2.05, 4.69) is 0 Å². The molecule has 1 aliphatic heterocycles. The molecule has 1 heterocycles. The van der Waals surface area contributed by atoms with Gasteiger partial charge in [-0.05, 0) is 31.9 Å². The molecule has 0 saturated carbocycles. The standard InChI is InChI=1S/C22H25NO6/c1-13-10-15-8-6-7-9-17(15)23(13)21(24)14(2)29-22(25)16-11-19(27-4)20(28-5)12-18(16)26-3/h6-9,11-14H,10H2,1-5H3/t13-,14-/m0/s1. The molecule has 0 aromatic heterocycles. The van der Waals surface area contributed by atoms with E-state index in [0.29, 0.717) is 11.5 Å². The summed E-state index contributed by atoms with van der Waals surface area (Å²) < 4.78 is 21.2. The highest BCUT2D eigenvalue weighted by Gasteiger charge is 2.35. The van der Waals surface area contributed by atoms with Crippen molar-refractivity contribution < 1.29 is 28.5 Å². The van der Waals surface area contributed by atoms with Gasteiger partial charge in [-0.1, -0.05) is 18.2 Å². The molecule has 0 N–H and O–H groups in total. The Morgan fingerprint density at radius 1 is 1.00 bits per heavy atom. The highest BCUT2D eigenvalue weighted by molar-refractivity contribution is 6.01. The van der Waals surface area contributed by atoms with Gasteiger partial charge < -0.3 is 23.8 Å². The summed E-state index contributed by atoms with van der Waals surface area (Å²) in [5, 5.41) is 0. The second kappa shape index (κ2) is 8.43. The number of benzene rings is 2. The van der Waals surface area contributed by atoms with Crippen LogP contribution in [0.4, 0.5) is 5.69 Å². The number of para-hydroxylation sites is 1. The van der Waals surface area contributed by atoms with Crippen molar-refractivity contribution in [2.75, 3.05) is 26.2 Å². The molecule has 2 aromatic carbocycles. The molecule has 154 valence electrons. The number of rotatable bonds is 6. The Labute approximate surface area is 170 Å². The van der Waals surface area contributed by atoms with Gasteiger partial charge in [-0.15, -0.1) is 0 Å². The number of ether oxygens (including phenoxy) is 4. The fraction of sp³-hybridized carbons (Fsp3) is 0.364. The van der Waals surface area contributed by atoms with E-state index in [1.807, 2.05) is 31.2 Å². The number of nitrogens with zero attached hydrogens (tertiary/aromatic N) is 1. The van der Waals surface area contributed by atoms with Gasteiger partial charge in [0, 0.05) is 23.9 Å². The van der Waals surface area contributed by atoms with E-state index < -0.39 is 12.1 Å². The number of fused-ring (bicyclic) bond motifs is 1. The number of methoxy groups -OCH3 is 3. The van der Waals surface area contributed by atoms with E-state index in [1.54, 1.807) is 17.9 Å². The third-order valence-electron chi connectivity index (χ3n) is 5.00. The van der Waals surface area contributed by atoms with Gasteiger partial charge in [0.1, 0.15) is 11.3 Å². The predicted octanol–water partition coefficient (Wildman–Crippen LogP) is 3.24. The molecule has 0 saturated heterocycles. The Kier molecular flexibility index (Phi) is 5.96. The molecule has 0 spiro atoms. The van der Waals surface area contributed by atoms with Crippen LogP contribution in [0.25, 0.3) is 0 Å². The first-order valence-electron chi connectivity index (χ1n) is 9.33. The summed E-state index contributed by atoms with van der Waals surface area (Å²) in [5.41, 5.74) is 2.12. The van der Waals surface area contributed by atoms with Crippen molar-refractivity contribution in [2.24, 2.45) is 0 Å². The SMILES string of the molecule is COc1cc(OC)c(C(=O)O[C@@H](C)C(=O)N2c3ccccc3C[C@@H]2C)cc1OC. The molecule has 29 heavy (non-hydrogen) atoms. The van der Waals surface area contributed by atoms with Crippen LogP contribution in [0, 0.1) is 0 Å². The third kappa shape index (κ3) is 3.85. The molecule has 1 amide bonds. The first-order chi connectivity index (χ1) is 13.9. The molecule has 7 nitrogen and oxygen atoms in total. The summed E-state index contributed by atoms with van der Waals surface area (Å²) in [5.74, 6) is 0.111. The maximum atomic E-state index is 13.0. The minimum absolute atomic E-state index is 0.00308. The summed E-state index contributed by atoms with van der Waals surface area (Å²) in [6.07, 6.45) is -0.194. The Balaban J connectivity index is 1.81. The maximum absolute atomic E-state index is 13.0. The van der Waals surface area contributed by atoms with E-state index in [0.717, 1.165) is 17.7 Å². The van der Waals surface area contributed by atoms with Gasteiger partial charge in [-0.25, -0.2) is 4.79 Å². The monoisotopic (exact) mass is 399 g/mol. The first-order valence-corrected chi connectivity index (χ1v) is 9.33. The van der Waals surface area contributed by atoms with E-state index in [-0.39, 0.29) is 23.3 Å². The van der Waals surface area contributed by atoms with Gasteiger partial charge in [0.05, 0.1) is 21.3 Å². The van der Waals surface area contributed by atoms with Crippen molar-refractivity contribution in [2.45, 2.75) is 32.4 Å². The second-order valence-electron chi connectivity index (χ2n) is 6.85. The van der Waals surface area contributed by atoms with E-state index in [9.17, 15) is 9.59 Å². The Hall–Kier alpha value is -3.22. The van der Waals surface area contributed by atoms with Crippen LogP contribution in [0.1, 0.15) is 29.8 Å². The molecule has 0 aliphatic carbocycles. The van der Waals surface area contributed by atoms with Crippen LogP contribution >= 0.6 is 0 Å². The predicted molar refractivity (Wildman–Crippen MR) is 108 cm³/mol. The highest BCUT2D eigenvalue weighted by atomic mass is 16.6. The number of anilines is 1. The molecule has 1 aliphatic rings. The average molecular weight is 399 g/mol. The summed E-state index contributed by atoms with van der Waals surface area (Å²) in [4.78, 5) is 27.5. The molecule has 0 radical (unpaired) electrons. The van der Waals surface area contributed by atoms with Gasteiger partial charge in [0.2, 0.25) is 0 Å². The van der Waals surface area contributed by atoms with E-state index in [1.165, 1.54) is 27.4 Å². The lowest BCUT2D eigenvalue weighted by Gasteiger charge is -2.26. The summed E-state index contributed by atoms with van der Waals surface area (Å²) in [6.45, 7) is 3.55. The average Bonchev–Trinajstić information content (AvgIpc) is 3.07. The quantitative estimate of drug-likeness (QED) is 0.695. The fourth-order valence-corrected chi connectivity index (χ4v) is 3.56. The second-order valence-corrected chi connectivity index (χ2v) is 6.85. The number of carbonyl (C=O) groups is 2. The molecule has 7 heteroatoms. The van der Waals surface area contributed by atoms with Crippen molar-refractivity contribution >= 4 is 17.6 Å². The number of carbonyl (C=O) groups excluding carboxylic acids is 2. The van der Waals surface area contributed by atoms with Crippen LogP contribution in [0.2, 0.25) is 0 Å². The smallest absolute Gasteiger partial charge is 0.342 e. The van der Waals surface area contributed by atoms with Crippen molar-refractivity contribution in [1.29, 1.82) is 0 Å². The number of amides is 1. The van der Waals surface area contributed by atoms with Gasteiger partial charge in [0.15, 0.2) is 17.6 Å². The molecule has 0 unspecified atom stereocenters. The number of hydrogen-bond donors (Lipinski definition) is 0. The van der Waals surface area contributed by atoms with Crippen LogP contribution in [-0.2, 0) is 16.0 Å². The molecular weight excluding hydrogens is 374 g/mol. The largest absolute Gasteiger partial charge is 0.496 e. The van der Waals surface area contributed by atoms with E-state index >= 15 is 0 Å². The zero-order valence-corrected chi connectivity index (χ0v) is 17.2. The minimum Gasteiger partial charge on any atom is -0.496 e. The lowest BCUT2D eigenvalue weighted by Crippen LogP contribution is -2.43. The van der Waals surface area contributed by atoms with Gasteiger partial charge in [0.25, 0.3) is 5.91 Å². The first kappa shape index (κ1) is 20.5. The van der Waals surface area contributed by atoms with Crippen molar-refractivity contribution in [3.63, 3.8) is 0 Å². The van der Waals surface area contributed by atoms with E-state index in [4.69, 9.17) is 18.9 Å². The van der Waals surface area contributed by atoms with Crippen LogP contribution in [0.15, 0.2) is 36.4 Å². The van der Waals surface area contributed by atoms with Crippen molar-refractivity contribution in [3.8, 4) is 17.2 Å². The summed E-state index contributed by atoms with van der Waals surface area (Å²) >= 11 is 0. The van der Waals surface area contributed by atoms with Crippen LogP contribution in [0.5, 0.6) is 17.2 Å². The highest BCUT2D eigenvalue weighted by Crippen LogP contribution is 2.36. The Morgan fingerprint density at radius 2 is 1.62 bits per heavy atom. The van der Waals surface area contributed by atoms with Crippen molar-refractivity contribution in [3.05, 3.63) is 47.5 Å². The van der Waals surface area contributed by atoms with Crippen LogP contribution in [0.3, 0.4) is 0 Å². The summed E-state index contributed by atoms with van der Waals surface area (Å²) in [7, 11) is 4.40. The van der Waals surface area contributed by atoms with Gasteiger partial charge in [-0.2, -0.15) is 0 Å². The maximum Gasteiger partial charge on any atom is 0.342 e. The number of esters is 1. The van der Waals surface area contributed by atoms with Crippen LogP contribution in [-0.4, -0.2) is 45.4 Å². The van der Waals surface area contributed by atoms with Crippen molar-refractivity contribution in [1.82, 2.24) is 0 Å². The minimum atomic E-state index is -0.964. The molecule has 0 fully saturated rings. The normalized spacial score (nSPS) is 16.0. The molecule has 3 rings (SSSR count). The number of hydrogen-bond acceptors (Lipinski definition) is 6.